The molecule has 4 bridgehead atoms. The van der Waals surface area contributed by atoms with Gasteiger partial charge < -0.3 is 5.32 Å². The van der Waals surface area contributed by atoms with Crippen LogP contribution in [-0.4, -0.2) is 10.2 Å². The van der Waals surface area contributed by atoms with E-state index in [-0.39, 0.29) is 15.8 Å². The summed E-state index contributed by atoms with van der Waals surface area (Å²) < 4.78 is 0.241. The Morgan fingerprint density at radius 1 is 1.30 bits per heavy atom. The third-order valence-electron chi connectivity index (χ3n) is 6.27. The van der Waals surface area contributed by atoms with E-state index in [1.165, 1.54) is 24.1 Å². The lowest BCUT2D eigenvalue weighted by atomic mass is 9.49. The highest BCUT2D eigenvalue weighted by Crippen LogP contribution is 2.64. The molecule has 0 aliphatic heterocycles. The Labute approximate surface area is 151 Å². The van der Waals surface area contributed by atoms with Gasteiger partial charge in [0.15, 0.2) is 0 Å². The number of hydrogen-bond donors (Lipinski definition) is 1. The van der Waals surface area contributed by atoms with Crippen molar-refractivity contribution in [3.05, 3.63) is 22.4 Å². The summed E-state index contributed by atoms with van der Waals surface area (Å²) in [5.74, 6) is 2.24. The smallest absolute Gasteiger partial charge is 0.226 e. The molecule has 1 N–H and O–H groups in total. The van der Waals surface area contributed by atoms with Crippen LogP contribution >= 0.6 is 27.3 Å². The van der Waals surface area contributed by atoms with Crippen LogP contribution in [0.25, 0.3) is 0 Å². The maximum Gasteiger partial charge on any atom is 0.226 e. The highest BCUT2D eigenvalue weighted by Gasteiger charge is 2.59. The van der Waals surface area contributed by atoms with Gasteiger partial charge in [0, 0.05) is 9.20 Å². The van der Waals surface area contributed by atoms with Gasteiger partial charge in [0.2, 0.25) is 5.91 Å². The molecule has 3 atom stereocenters. The fourth-order valence-corrected chi connectivity index (χ4v) is 8.15. The van der Waals surface area contributed by atoms with E-state index in [0.717, 1.165) is 31.1 Å². The van der Waals surface area contributed by atoms with Crippen molar-refractivity contribution in [2.24, 2.45) is 23.2 Å². The van der Waals surface area contributed by atoms with Gasteiger partial charge in [-0.2, -0.15) is 0 Å². The van der Waals surface area contributed by atoms with Crippen LogP contribution in [0.2, 0.25) is 0 Å². The van der Waals surface area contributed by atoms with E-state index in [1.807, 2.05) is 0 Å². The third-order valence-corrected chi connectivity index (χ3v) is 8.16. The van der Waals surface area contributed by atoms with Crippen LogP contribution in [-0.2, 0) is 4.79 Å². The number of nitrogens with one attached hydrogen (secondary N) is 1. The SMILES string of the molecule is CC(C)C(NC(=O)C12CC3CC(CC(Br)(C3)C1)C2)c1cccs1. The number of halogens is 1. The Balaban J connectivity index is 1.57. The molecule has 4 fully saturated rings. The van der Waals surface area contributed by atoms with E-state index < -0.39 is 0 Å². The van der Waals surface area contributed by atoms with Crippen LogP contribution in [0.4, 0.5) is 0 Å². The first-order valence-corrected chi connectivity index (χ1v) is 10.6. The minimum absolute atomic E-state index is 0.113. The van der Waals surface area contributed by atoms with Crippen molar-refractivity contribution >= 4 is 33.2 Å². The second kappa shape index (κ2) is 5.59. The van der Waals surface area contributed by atoms with Crippen molar-refractivity contribution in [1.29, 1.82) is 0 Å². The van der Waals surface area contributed by atoms with Crippen LogP contribution in [0, 0.1) is 23.2 Å². The summed E-state index contributed by atoms with van der Waals surface area (Å²) in [5.41, 5.74) is -0.113. The Morgan fingerprint density at radius 2 is 2.00 bits per heavy atom. The molecule has 1 amide bonds. The largest absolute Gasteiger partial charge is 0.348 e. The fraction of sp³-hybridized carbons (Fsp3) is 0.737. The zero-order chi connectivity index (χ0) is 16.2. The molecule has 23 heavy (non-hydrogen) atoms. The van der Waals surface area contributed by atoms with Crippen LogP contribution in [0.15, 0.2) is 17.5 Å². The predicted molar refractivity (Wildman–Crippen MR) is 98.8 cm³/mol. The number of thiophene rings is 1. The van der Waals surface area contributed by atoms with Gasteiger partial charge in [-0.3, -0.25) is 4.79 Å². The standard InChI is InChI=1S/C19H26BrNOS/c1-12(2)16(15-4-3-5-23-15)21-17(22)18-7-13-6-14(8-18)10-19(20,9-13)11-18/h3-5,12-14,16H,6-11H2,1-2H3,(H,21,22). The monoisotopic (exact) mass is 395 g/mol. The normalized spacial score (nSPS) is 39.7. The first-order chi connectivity index (χ1) is 10.9. The molecular weight excluding hydrogens is 370 g/mol. The van der Waals surface area contributed by atoms with Crippen LogP contribution < -0.4 is 5.32 Å². The molecule has 126 valence electrons. The van der Waals surface area contributed by atoms with Crippen molar-refractivity contribution in [1.82, 2.24) is 5.32 Å². The summed E-state index contributed by atoms with van der Waals surface area (Å²) in [7, 11) is 0. The molecule has 0 saturated heterocycles. The second-order valence-corrected chi connectivity index (χ2v) is 11.3. The number of amides is 1. The zero-order valence-corrected chi connectivity index (χ0v) is 16.4. The molecule has 1 aromatic rings. The molecule has 1 aromatic heterocycles. The van der Waals surface area contributed by atoms with Gasteiger partial charge in [0.25, 0.3) is 0 Å². The summed E-state index contributed by atoms with van der Waals surface area (Å²) in [6.45, 7) is 4.41. The fourth-order valence-electron chi connectivity index (χ4n) is 5.75. The summed E-state index contributed by atoms with van der Waals surface area (Å²) in [4.78, 5) is 14.6. The lowest BCUT2D eigenvalue weighted by Gasteiger charge is -2.59. The van der Waals surface area contributed by atoms with E-state index in [0.29, 0.717) is 11.8 Å². The van der Waals surface area contributed by atoms with Gasteiger partial charge in [-0.25, -0.2) is 0 Å². The average molecular weight is 396 g/mol. The summed E-state index contributed by atoms with van der Waals surface area (Å²) in [6, 6.07) is 4.39. The topological polar surface area (TPSA) is 29.1 Å². The second-order valence-electron chi connectivity index (χ2n) is 8.60. The molecule has 1 heterocycles. The summed E-state index contributed by atoms with van der Waals surface area (Å²) in [5, 5.41) is 5.55. The van der Waals surface area contributed by atoms with Gasteiger partial charge in [0.05, 0.1) is 11.5 Å². The van der Waals surface area contributed by atoms with Crippen LogP contribution in [0.5, 0.6) is 0 Å². The molecule has 2 nitrogen and oxygen atoms in total. The zero-order valence-electron chi connectivity index (χ0n) is 14.0. The molecule has 4 aliphatic carbocycles. The van der Waals surface area contributed by atoms with Gasteiger partial charge in [-0.05, 0) is 67.7 Å². The first kappa shape index (κ1) is 16.1. The molecular formula is C19H26BrNOS. The van der Waals surface area contributed by atoms with E-state index in [4.69, 9.17) is 0 Å². The lowest BCUT2D eigenvalue weighted by Crippen LogP contribution is -2.58. The van der Waals surface area contributed by atoms with E-state index in [2.05, 4.69) is 52.6 Å². The Morgan fingerprint density at radius 3 is 2.52 bits per heavy atom. The molecule has 4 heteroatoms. The summed E-state index contributed by atoms with van der Waals surface area (Å²) in [6.07, 6.45) is 7.15. The van der Waals surface area contributed by atoms with Crippen molar-refractivity contribution < 1.29 is 4.79 Å². The Bertz CT molecular complexity index is 583. The molecule has 5 rings (SSSR count). The van der Waals surface area contributed by atoms with Crippen molar-refractivity contribution in [3.8, 4) is 0 Å². The molecule has 0 aromatic carbocycles. The third kappa shape index (κ3) is 2.80. The Kier molecular flexibility index (Phi) is 3.92. The predicted octanol–water partition coefficient (Wildman–Crippen LogP) is 5.30. The highest BCUT2D eigenvalue weighted by atomic mass is 79.9. The van der Waals surface area contributed by atoms with Crippen molar-refractivity contribution in [2.45, 2.75) is 62.7 Å². The lowest BCUT2D eigenvalue weighted by molar-refractivity contribution is -0.145. The quantitative estimate of drug-likeness (QED) is 0.688. The number of carbonyl (C=O) groups excluding carboxylic acids is 1. The minimum atomic E-state index is -0.113. The van der Waals surface area contributed by atoms with Gasteiger partial charge in [0.1, 0.15) is 0 Å². The van der Waals surface area contributed by atoms with E-state index in [9.17, 15) is 4.79 Å². The molecule has 0 radical (unpaired) electrons. The van der Waals surface area contributed by atoms with E-state index >= 15 is 0 Å². The maximum atomic E-state index is 13.3. The molecule has 4 aliphatic rings. The first-order valence-electron chi connectivity index (χ1n) is 8.92. The molecule has 0 spiro atoms. The number of rotatable bonds is 4. The Hall–Kier alpha value is -0.350. The van der Waals surface area contributed by atoms with E-state index in [1.54, 1.807) is 11.3 Å². The number of hydrogen-bond acceptors (Lipinski definition) is 2. The maximum absolute atomic E-state index is 13.3. The summed E-state index contributed by atoms with van der Waals surface area (Å²) >= 11 is 5.77. The van der Waals surface area contributed by atoms with Crippen molar-refractivity contribution in [3.63, 3.8) is 0 Å². The van der Waals surface area contributed by atoms with Gasteiger partial charge in [-0.1, -0.05) is 35.8 Å². The average Bonchev–Trinajstić information content (AvgIpc) is 2.95. The molecule has 3 unspecified atom stereocenters. The highest BCUT2D eigenvalue weighted by molar-refractivity contribution is 9.10. The number of carbonyl (C=O) groups is 1. The van der Waals surface area contributed by atoms with Crippen LogP contribution in [0.1, 0.15) is 63.3 Å². The minimum Gasteiger partial charge on any atom is -0.348 e. The van der Waals surface area contributed by atoms with Gasteiger partial charge in [-0.15, -0.1) is 11.3 Å². The van der Waals surface area contributed by atoms with Gasteiger partial charge >= 0.3 is 0 Å². The molecule has 4 saturated carbocycles. The van der Waals surface area contributed by atoms with Crippen molar-refractivity contribution in [2.75, 3.05) is 0 Å². The number of alkyl halides is 1. The van der Waals surface area contributed by atoms with Crippen LogP contribution in [0.3, 0.4) is 0 Å².